The number of carbonyl (C=O) groups is 2. The summed E-state index contributed by atoms with van der Waals surface area (Å²) in [5, 5.41) is 0. The molecule has 0 aromatic rings. The van der Waals surface area contributed by atoms with Gasteiger partial charge in [-0.05, 0) is 74.7 Å². The maximum Gasteiger partial charge on any atom is 0.333 e. The van der Waals surface area contributed by atoms with Crippen molar-refractivity contribution < 1.29 is 47.5 Å². The number of carbonyl (C=O) groups excluding carboxylic acids is 2. The monoisotopic (exact) mass is 640 g/mol. The van der Waals surface area contributed by atoms with Gasteiger partial charge >= 0.3 is 11.9 Å². The van der Waals surface area contributed by atoms with E-state index in [1.165, 1.54) is 6.42 Å². The molecule has 0 saturated carbocycles. The van der Waals surface area contributed by atoms with Crippen LogP contribution in [0.3, 0.4) is 0 Å². The van der Waals surface area contributed by atoms with Crippen LogP contribution < -0.4 is 0 Å². The molecule has 3 fully saturated rings. The number of hydrogen-bond donors (Lipinski definition) is 0. The van der Waals surface area contributed by atoms with Crippen LogP contribution in [0.1, 0.15) is 114 Å². The Morgan fingerprint density at radius 2 is 1.38 bits per heavy atom. The summed E-state index contributed by atoms with van der Waals surface area (Å²) in [6.45, 7) is 28.0. The Bertz CT molecular complexity index is 990. The Hall–Kier alpha value is -1.82. The summed E-state index contributed by atoms with van der Waals surface area (Å²) >= 11 is 0. The van der Waals surface area contributed by atoms with Crippen molar-refractivity contribution in [2.24, 2.45) is 5.41 Å². The van der Waals surface area contributed by atoms with Gasteiger partial charge in [-0.3, -0.25) is 0 Å². The van der Waals surface area contributed by atoms with E-state index in [9.17, 15) is 9.59 Å². The van der Waals surface area contributed by atoms with Crippen LogP contribution in [-0.4, -0.2) is 80.1 Å². The van der Waals surface area contributed by atoms with E-state index in [2.05, 4.69) is 27.0 Å². The van der Waals surface area contributed by atoms with Crippen LogP contribution in [0.15, 0.2) is 24.3 Å². The molecule has 3 saturated heterocycles. The minimum absolute atomic E-state index is 0.226. The van der Waals surface area contributed by atoms with Crippen LogP contribution in [0, 0.1) is 5.41 Å². The number of esters is 2. The lowest BCUT2D eigenvalue weighted by atomic mass is 9.84. The third-order valence-electron chi connectivity index (χ3n) is 8.00. The molecular weight excluding hydrogens is 580 g/mol. The van der Waals surface area contributed by atoms with E-state index < -0.39 is 35.5 Å². The first-order valence-electron chi connectivity index (χ1n) is 16.5. The molecule has 4 atom stereocenters. The van der Waals surface area contributed by atoms with Gasteiger partial charge in [-0.2, -0.15) is 0 Å². The molecule has 0 aromatic carbocycles. The molecule has 4 unspecified atom stereocenters. The van der Waals surface area contributed by atoms with E-state index in [1.807, 2.05) is 41.5 Å². The van der Waals surface area contributed by atoms with Gasteiger partial charge in [0, 0.05) is 11.1 Å². The first-order chi connectivity index (χ1) is 20.8. The van der Waals surface area contributed by atoms with E-state index in [0.29, 0.717) is 44.0 Å². The lowest BCUT2D eigenvalue weighted by Crippen LogP contribution is -2.49. The number of ether oxygens (including phenoxy) is 8. The average molecular weight is 641 g/mol. The Kier molecular flexibility index (Phi) is 14.7. The third kappa shape index (κ3) is 12.7. The molecular formula is C35H60O10. The summed E-state index contributed by atoms with van der Waals surface area (Å²) in [5.41, 5.74) is 0.569. The highest BCUT2D eigenvalue weighted by Crippen LogP contribution is 2.39. The van der Waals surface area contributed by atoms with Crippen molar-refractivity contribution in [1.82, 2.24) is 0 Å². The fraction of sp³-hybridized carbons (Fsp3) is 0.829. The van der Waals surface area contributed by atoms with Crippen LogP contribution in [0.5, 0.6) is 0 Å². The molecule has 3 aliphatic heterocycles. The molecule has 3 aliphatic rings. The van der Waals surface area contributed by atoms with Crippen molar-refractivity contribution in [2.45, 2.75) is 156 Å². The molecule has 0 spiro atoms. The van der Waals surface area contributed by atoms with Crippen molar-refractivity contribution in [1.29, 1.82) is 0 Å². The molecule has 45 heavy (non-hydrogen) atoms. The standard InChI is InChI=1S/C19H32O6.C16H28O4/c1-8-9-10-13(22-17(20)12(2)3)15-16(25-19(6,7)24-15)14-11-21-18(4,5)23-14;1-6-7-8-9-16(10-18-14(17)13(2)3)11-19-15(4,5)20-12-16/h13-16H,2,8-11H2,1,3-7H3;2,6-12H2,1,3-5H3. The van der Waals surface area contributed by atoms with Gasteiger partial charge in [0.15, 0.2) is 17.4 Å². The molecule has 0 bridgehead atoms. The van der Waals surface area contributed by atoms with Gasteiger partial charge in [-0.15, -0.1) is 0 Å². The smallest absolute Gasteiger partial charge is 0.333 e. The second kappa shape index (κ2) is 16.8. The van der Waals surface area contributed by atoms with Crippen molar-refractivity contribution >= 4 is 11.9 Å². The number of hydrogen-bond acceptors (Lipinski definition) is 10. The second-order valence-corrected chi connectivity index (χ2v) is 14.1. The lowest BCUT2D eigenvalue weighted by molar-refractivity contribution is -0.291. The van der Waals surface area contributed by atoms with Gasteiger partial charge in [-0.25, -0.2) is 9.59 Å². The van der Waals surface area contributed by atoms with Crippen LogP contribution >= 0.6 is 0 Å². The van der Waals surface area contributed by atoms with Crippen LogP contribution in [0.2, 0.25) is 0 Å². The molecule has 0 radical (unpaired) electrons. The van der Waals surface area contributed by atoms with Crippen LogP contribution in [-0.2, 0) is 47.5 Å². The zero-order valence-electron chi connectivity index (χ0n) is 29.6. The Balaban J connectivity index is 0.000000322. The molecule has 3 heterocycles. The van der Waals surface area contributed by atoms with Crippen LogP contribution in [0.4, 0.5) is 0 Å². The highest BCUT2D eigenvalue weighted by Gasteiger charge is 2.53. The summed E-state index contributed by atoms with van der Waals surface area (Å²) < 4.78 is 46.5. The summed E-state index contributed by atoms with van der Waals surface area (Å²) in [6, 6.07) is 0. The lowest BCUT2D eigenvalue weighted by Gasteiger charge is -2.43. The molecule has 0 N–H and O–H groups in total. The fourth-order valence-corrected chi connectivity index (χ4v) is 5.33. The number of rotatable bonds is 14. The van der Waals surface area contributed by atoms with Gasteiger partial charge in [0.1, 0.15) is 31.0 Å². The zero-order chi connectivity index (χ0) is 34.1. The topological polar surface area (TPSA) is 108 Å². The second-order valence-electron chi connectivity index (χ2n) is 14.1. The summed E-state index contributed by atoms with van der Waals surface area (Å²) in [5.74, 6) is -2.72. The van der Waals surface area contributed by atoms with E-state index in [4.69, 9.17) is 37.9 Å². The Morgan fingerprint density at radius 3 is 1.89 bits per heavy atom. The fourth-order valence-electron chi connectivity index (χ4n) is 5.33. The highest BCUT2D eigenvalue weighted by molar-refractivity contribution is 5.87. The first kappa shape index (κ1) is 39.4. The van der Waals surface area contributed by atoms with Gasteiger partial charge < -0.3 is 37.9 Å². The molecule has 3 rings (SSSR count). The predicted molar refractivity (Wildman–Crippen MR) is 171 cm³/mol. The SMILES string of the molecule is C=C(C)C(=O)OC(CCCC)C1OC(C)(C)OC1C1COC(C)(C)O1.C=C(C)C(=O)OCC1(CCCCC)COC(C)(C)OC1. The first-order valence-corrected chi connectivity index (χ1v) is 16.5. The summed E-state index contributed by atoms with van der Waals surface area (Å²) in [4.78, 5) is 23.7. The summed E-state index contributed by atoms with van der Waals surface area (Å²) in [6.07, 6.45) is 5.53. The van der Waals surface area contributed by atoms with Crippen LogP contribution in [0.25, 0.3) is 0 Å². The third-order valence-corrected chi connectivity index (χ3v) is 8.00. The maximum absolute atomic E-state index is 12.1. The van der Waals surface area contributed by atoms with Gasteiger partial charge in [0.25, 0.3) is 0 Å². The zero-order valence-corrected chi connectivity index (χ0v) is 29.6. The maximum atomic E-state index is 12.1. The van der Waals surface area contributed by atoms with Crippen molar-refractivity contribution in [3.05, 3.63) is 24.3 Å². The predicted octanol–water partition coefficient (Wildman–Crippen LogP) is 6.79. The minimum atomic E-state index is -0.772. The molecule has 0 aromatic heterocycles. The van der Waals surface area contributed by atoms with E-state index >= 15 is 0 Å². The van der Waals surface area contributed by atoms with E-state index in [0.717, 1.165) is 32.1 Å². The largest absolute Gasteiger partial charge is 0.462 e. The number of unbranched alkanes of at least 4 members (excludes halogenated alkanes) is 3. The van der Waals surface area contributed by atoms with Crippen molar-refractivity contribution in [3.63, 3.8) is 0 Å². The molecule has 10 nitrogen and oxygen atoms in total. The summed E-state index contributed by atoms with van der Waals surface area (Å²) in [7, 11) is 0. The van der Waals surface area contributed by atoms with Gasteiger partial charge in [0.05, 0.1) is 25.2 Å². The average Bonchev–Trinajstić information content (AvgIpc) is 3.48. The van der Waals surface area contributed by atoms with E-state index in [-0.39, 0.29) is 23.6 Å². The van der Waals surface area contributed by atoms with Gasteiger partial charge in [-0.1, -0.05) is 52.7 Å². The molecule has 0 aliphatic carbocycles. The minimum Gasteiger partial charge on any atom is -0.462 e. The Morgan fingerprint density at radius 1 is 0.778 bits per heavy atom. The highest BCUT2D eigenvalue weighted by atomic mass is 16.8. The van der Waals surface area contributed by atoms with Crippen molar-refractivity contribution in [2.75, 3.05) is 26.4 Å². The molecule has 260 valence electrons. The molecule has 0 amide bonds. The molecule has 10 heteroatoms. The van der Waals surface area contributed by atoms with E-state index in [1.54, 1.807) is 13.8 Å². The van der Waals surface area contributed by atoms with Crippen molar-refractivity contribution in [3.8, 4) is 0 Å². The van der Waals surface area contributed by atoms with Gasteiger partial charge in [0.2, 0.25) is 0 Å². The quantitative estimate of drug-likeness (QED) is 0.114. The normalized spacial score (nSPS) is 26.7. The Labute approximate surface area is 271 Å².